The molecule has 0 aliphatic heterocycles. The number of hydrogen-bond acceptors (Lipinski definition) is 1. The predicted octanol–water partition coefficient (Wildman–Crippen LogP) is 15.8. The minimum absolute atomic E-state index is 0.292. The summed E-state index contributed by atoms with van der Waals surface area (Å²) in [5.74, 6) is 0.636. The molecule has 12 rings (SSSR count). The van der Waals surface area contributed by atoms with E-state index in [4.69, 9.17) is 0 Å². The first-order valence-corrected chi connectivity index (χ1v) is 20.7. The Bertz CT molecular complexity index is 3190. The summed E-state index contributed by atoms with van der Waals surface area (Å²) in [6, 6.07) is 71.4. The number of hydrogen-bond donors (Lipinski definition) is 0. The van der Waals surface area contributed by atoms with Crippen molar-refractivity contribution in [2.75, 3.05) is 4.90 Å². The van der Waals surface area contributed by atoms with E-state index in [1.54, 1.807) is 0 Å². The van der Waals surface area contributed by atoms with Crippen LogP contribution in [-0.4, -0.2) is 0 Å². The molecule has 1 heteroatoms. The number of rotatable bonds is 6. The Balaban J connectivity index is 1.01. The van der Waals surface area contributed by atoms with E-state index in [0.29, 0.717) is 11.8 Å². The van der Waals surface area contributed by atoms with Gasteiger partial charge in [0.25, 0.3) is 0 Å². The second-order valence-electron chi connectivity index (χ2n) is 16.0. The van der Waals surface area contributed by atoms with Crippen LogP contribution in [0, 0.1) is 5.92 Å². The Hall–Kier alpha value is -7.48. The van der Waals surface area contributed by atoms with E-state index >= 15 is 0 Å². The summed E-state index contributed by atoms with van der Waals surface area (Å²) in [7, 11) is 0. The Labute approximate surface area is 345 Å². The van der Waals surface area contributed by atoms with Crippen molar-refractivity contribution in [3.05, 3.63) is 235 Å². The molecule has 0 amide bonds. The minimum atomic E-state index is 0.292. The zero-order valence-electron chi connectivity index (χ0n) is 32.5. The molecule has 9 aromatic rings. The van der Waals surface area contributed by atoms with Gasteiger partial charge in [-0.3, -0.25) is 0 Å². The lowest BCUT2D eigenvalue weighted by Gasteiger charge is -2.36. The molecule has 9 aromatic carbocycles. The van der Waals surface area contributed by atoms with Crippen LogP contribution in [0.3, 0.4) is 0 Å². The smallest absolute Gasteiger partial charge is 0.0462 e. The third kappa shape index (κ3) is 5.39. The summed E-state index contributed by atoms with van der Waals surface area (Å²) in [5.41, 5.74) is 18.9. The normalized spacial score (nSPS) is 15.8. The highest BCUT2D eigenvalue weighted by Gasteiger charge is 2.35. The average Bonchev–Trinajstić information content (AvgIpc) is 3.31. The molecule has 0 fully saturated rings. The lowest BCUT2D eigenvalue weighted by atomic mass is 9.67. The third-order valence-electron chi connectivity index (χ3n) is 12.8. The van der Waals surface area contributed by atoms with Crippen molar-refractivity contribution in [2.45, 2.75) is 5.92 Å². The molecule has 0 heterocycles. The fourth-order valence-electron chi connectivity index (χ4n) is 10.2. The predicted molar refractivity (Wildman–Crippen MR) is 250 cm³/mol. The maximum absolute atomic E-state index is 2.45. The van der Waals surface area contributed by atoms with E-state index in [1.807, 2.05) is 0 Å². The summed E-state index contributed by atoms with van der Waals surface area (Å²) in [5, 5.41) is 5.25. The van der Waals surface area contributed by atoms with Crippen LogP contribution in [0.4, 0.5) is 17.1 Å². The van der Waals surface area contributed by atoms with Gasteiger partial charge in [0.2, 0.25) is 0 Å². The number of anilines is 3. The largest absolute Gasteiger partial charge is 0.311 e. The van der Waals surface area contributed by atoms with Gasteiger partial charge in [-0.05, 0) is 131 Å². The Morgan fingerprint density at radius 1 is 0.390 bits per heavy atom. The van der Waals surface area contributed by atoms with Gasteiger partial charge in [0.05, 0.1) is 0 Å². The van der Waals surface area contributed by atoms with Gasteiger partial charge in [-0.1, -0.05) is 182 Å². The Morgan fingerprint density at radius 3 is 1.80 bits per heavy atom. The van der Waals surface area contributed by atoms with Gasteiger partial charge in [-0.15, -0.1) is 0 Å². The van der Waals surface area contributed by atoms with Crippen LogP contribution in [-0.2, 0) is 0 Å². The van der Waals surface area contributed by atoms with E-state index in [0.717, 1.165) is 17.1 Å². The first kappa shape index (κ1) is 33.6. The Kier molecular flexibility index (Phi) is 7.74. The SMILES string of the molecule is C1=CC2C=Cc3cccc4c3C2C(=C1)c1cccc2cc(-c3ccccc3-c3ccc(N(c5ccccc5)c5ccc(-c6ccccc6)cc5)cc3)c3cccc-4c3c12. The van der Waals surface area contributed by atoms with Crippen LogP contribution >= 0.6 is 0 Å². The van der Waals surface area contributed by atoms with Gasteiger partial charge in [0.15, 0.2) is 0 Å². The van der Waals surface area contributed by atoms with E-state index in [1.165, 1.54) is 88.3 Å². The second-order valence-corrected chi connectivity index (χ2v) is 16.0. The zero-order valence-corrected chi connectivity index (χ0v) is 32.5. The van der Waals surface area contributed by atoms with Gasteiger partial charge in [0.1, 0.15) is 0 Å². The number of allylic oxidation sites excluding steroid dienone is 5. The Morgan fingerprint density at radius 2 is 1.00 bits per heavy atom. The van der Waals surface area contributed by atoms with Crippen molar-refractivity contribution < 1.29 is 0 Å². The molecule has 0 bridgehead atoms. The molecule has 3 aliphatic carbocycles. The van der Waals surface area contributed by atoms with Crippen LogP contribution in [0.1, 0.15) is 22.6 Å². The summed E-state index contributed by atoms with van der Waals surface area (Å²) in [6.07, 6.45) is 11.8. The summed E-state index contributed by atoms with van der Waals surface area (Å²) in [6.45, 7) is 0. The van der Waals surface area contributed by atoms with Gasteiger partial charge >= 0.3 is 0 Å². The number of fused-ring (bicyclic) bond motifs is 2. The van der Waals surface area contributed by atoms with Crippen molar-refractivity contribution in [3.8, 4) is 44.5 Å². The van der Waals surface area contributed by atoms with Gasteiger partial charge in [0, 0.05) is 28.9 Å². The van der Waals surface area contributed by atoms with E-state index in [-0.39, 0.29) is 0 Å². The standard InChI is InChI=1S/C58H39N/c1-3-13-38(14-4-1)39-29-33-45(34-30-39)59(44-18-5-2-6-19-44)46-35-31-40(32-36-46)47-20-7-8-21-48(47)54-37-43-17-11-24-50-49-22-9-15-41-27-28-42-16-10-23-51(56(42)55(41)49)52-25-12-26-53(54)58(52)57(43)50/h1-37,41,55H. The lowest BCUT2D eigenvalue weighted by Crippen LogP contribution is -2.19. The van der Waals surface area contributed by atoms with Crippen LogP contribution in [0.15, 0.2) is 218 Å². The molecule has 59 heavy (non-hydrogen) atoms. The third-order valence-corrected chi connectivity index (χ3v) is 12.8. The van der Waals surface area contributed by atoms with Crippen LogP contribution in [0.25, 0.3) is 77.7 Å². The maximum atomic E-state index is 2.45. The molecular formula is C58H39N. The van der Waals surface area contributed by atoms with Gasteiger partial charge in [-0.2, -0.15) is 0 Å². The van der Waals surface area contributed by atoms with Crippen LogP contribution in [0.5, 0.6) is 0 Å². The fourth-order valence-corrected chi connectivity index (χ4v) is 10.2. The molecule has 0 radical (unpaired) electrons. The molecule has 2 atom stereocenters. The number of benzene rings is 9. The molecule has 1 nitrogen and oxygen atoms in total. The first-order chi connectivity index (χ1) is 29.3. The van der Waals surface area contributed by atoms with E-state index in [9.17, 15) is 0 Å². The highest BCUT2D eigenvalue weighted by molar-refractivity contribution is 6.23. The highest BCUT2D eigenvalue weighted by Crippen LogP contribution is 2.55. The van der Waals surface area contributed by atoms with Crippen LogP contribution < -0.4 is 4.90 Å². The van der Waals surface area contributed by atoms with E-state index < -0.39 is 0 Å². The van der Waals surface area contributed by atoms with Gasteiger partial charge < -0.3 is 4.90 Å². The molecule has 0 aromatic heterocycles. The topological polar surface area (TPSA) is 3.24 Å². The molecule has 0 saturated heterocycles. The van der Waals surface area contributed by atoms with Crippen molar-refractivity contribution in [1.29, 1.82) is 0 Å². The molecule has 0 N–H and O–H groups in total. The molecule has 276 valence electrons. The molecular weight excluding hydrogens is 711 g/mol. The van der Waals surface area contributed by atoms with Crippen molar-refractivity contribution in [1.82, 2.24) is 0 Å². The highest BCUT2D eigenvalue weighted by atomic mass is 15.1. The summed E-state index contributed by atoms with van der Waals surface area (Å²) >= 11 is 0. The van der Waals surface area contributed by atoms with Gasteiger partial charge in [-0.25, -0.2) is 0 Å². The maximum Gasteiger partial charge on any atom is 0.0462 e. The number of para-hydroxylation sites is 1. The fraction of sp³-hybridized carbons (Fsp3) is 0.0345. The lowest BCUT2D eigenvalue weighted by molar-refractivity contribution is 0.710. The second kappa shape index (κ2) is 13.6. The monoisotopic (exact) mass is 749 g/mol. The van der Waals surface area contributed by atoms with Crippen molar-refractivity contribution >= 4 is 50.3 Å². The molecule has 2 unspecified atom stereocenters. The van der Waals surface area contributed by atoms with Crippen molar-refractivity contribution in [2.24, 2.45) is 5.92 Å². The van der Waals surface area contributed by atoms with E-state index in [2.05, 4.69) is 229 Å². The average molecular weight is 750 g/mol. The first-order valence-electron chi connectivity index (χ1n) is 20.7. The summed E-state index contributed by atoms with van der Waals surface area (Å²) in [4.78, 5) is 2.34. The van der Waals surface area contributed by atoms with Crippen molar-refractivity contribution in [3.63, 3.8) is 0 Å². The minimum Gasteiger partial charge on any atom is -0.311 e. The van der Waals surface area contributed by atoms with Crippen LogP contribution in [0.2, 0.25) is 0 Å². The zero-order chi connectivity index (χ0) is 38.9. The molecule has 0 saturated carbocycles. The summed E-state index contributed by atoms with van der Waals surface area (Å²) < 4.78 is 0. The molecule has 3 aliphatic rings. The molecule has 0 spiro atoms. The quantitative estimate of drug-likeness (QED) is 0.153. The number of nitrogens with zero attached hydrogens (tertiary/aromatic N) is 1.